The maximum Gasteiger partial charge on any atom is 0.232 e. The summed E-state index contributed by atoms with van der Waals surface area (Å²) in [6.45, 7) is 3.06. The summed E-state index contributed by atoms with van der Waals surface area (Å²) in [7, 11) is 0. The van der Waals surface area contributed by atoms with Crippen molar-refractivity contribution in [1.29, 1.82) is 0 Å². The van der Waals surface area contributed by atoms with Crippen molar-refractivity contribution >= 4 is 17.5 Å². The Bertz CT molecular complexity index is 972. The van der Waals surface area contributed by atoms with Crippen LogP contribution < -0.4 is 0 Å². The van der Waals surface area contributed by atoms with Crippen molar-refractivity contribution in [3.8, 4) is 11.4 Å². The van der Waals surface area contributed by atoms with Gasteiger partial charge in [-0.1, -0.05) is 60.1 Å². The molecule has 0 bridgehead atoms. The highest BCUT2D eigenvalue weighted by molar-refractivity contribution is 6.31. The smallest absolute Gasteiger partial charge is 0.232 e. The summed E-state index contributed by atoms with van der Waals surface area (Å²) in [4.78, 5) is 18.9. The SMILES string of the molecule is C[C@H]1CN(C(=O)Cc2c(F)cccc2Cl)C[C@@H]1c1nc(-c2ccccc2)no1. The zero-order valence-electron chi connectivity index (χ0n) is 15.3. The molecule has 0 radical (unpaired) electrons. The number of hydrogen-bond donors (Lipinski definition) is 0. The van der Waals surface area contributed by atoms with Crippen LogP contribution in [-0.2, 0) is 11.2 Å². The first-order valence-corrected chi connectivity index (χ1v) is 9.50. The van der Waals surface area contributed by atoms with Gasteiger partial charge in [0.25, 0.3) is 0 Å². The molecule has 3 aromatic rings. The number of aromatic nitrogens is 2. The molecule has 4 rings (SSSR count). The average Bonchev–Trinajstić information content (AvgIpc) is 3.32. The molecule has 7 heteroatoms. The number of carbonyl (C=O) groups is 1. The third-order valence-corrected chi connectivity index (χ3v) is 5.50. The second kappa shape index (κ2) is 7.72. The van der Waals surface area contributed by atoms with E-state index in [9.17, 15) is 9.18 Å². The first-order chi connectivity index (χ1) is 13.5. The number of benzene rings is 2. The number of nitrogens with zero attached hydrogens (tertiary/aromatic N) is 3. The van der Waals surface area contributed by atoms with Gasteiger partial charge in [0.1, 0.15) is 5.82 Å². The largest absolute Gasteiger partial charge is 0.341 e. The molecule has 2 aromatic carbocycles. The highest BCUT2D eigenvalue weighted by Crippen LogP contribution is 2.33. The molecule has 28 heavy (non-hydrogen) atoms. The normalized spacial score (nSPS) is 19.2. The average molecular weight is 400 g/mol. The van der Waals surface area contributed by atoms with Crippen LogP contribution in [0.2, 0.25) is 5.02 Å². The molecule has 144 valence electrons. The lowest BCUT2D eigenvalue weighted by atomic mass is 9.98. The van der Waals surface area contributed by atoms with E-state index < -0.39 is 5.82 Å². The Labute approximate surface area is 167 Å². The summed E-state index contributed by atoms with van der Waals surface area (Å²) in [6, 6.07) is 14.0. The van der Waals surface area contributed by atoms with Crippen LogP contribution >= 0.6 is 11.6 Å². The maximum atomic E-state index is 14.0. The lowest BCUT2D eigenvalue weighted by Gasteiger charge is -2.16. The van der Waals surface area contributed by atoms with Gasteiger partial charge in [0, 0.05) is 29.2 Å². The molecule has 0 unspecified atom stereocenters. The lowest BCUT2D eigenvalue weighted by Crippen LogP contribution is -2.30. The number of carbonyl (C=O) groups excluding carboxylic acids is 1. The molecule has 1 aliphatic rings. The van der Waals surface area contributed by atoms with Crippen molar-refractivity contribution in [2.24, 2.45) is 5.92 Å². The predicted octanol–water partition coefficient (Wildman–Crippen LogP) is 4.33. The Morgan fingerprint density at radius 2 is 2.00 bits per heavy atom. The Kier molecular flexibility index (Phi) is 5.13. The quantitative estimate of drug-likeness (QED) is 0.655. The number of rotatable bonds is 4. The fourth-order valence-corrected chi connectivity index (χ4v) is 3.78. The van der Waals surface area contributed by atoms with Crippen LogP contribution in [0.3, 0.4) is 0 Å². The van der Waals surface area contributed by atoms with Gasteiger partial charge in [0.15, 0.2) is 0 Å². The van der Waals surface area contributed by atoms with E-state index in [0.717, 1.165) is 5.56 Å². The minimum absolute atomic E-state index is 0.0509. The summed E-state index contributed by atoms with van der Waals surface area (Å²) in [6.07, 6.45) is -0.0654. The van der Waals surface area contributed by atoms with Crippen LogP contribution in [0.15, 0.2) is 53.1 Å². The molecule has 1 amide bonds. The molecule has 0 aliphatic carbocycles. The third-order valence-electron chi connectivity index (χ3n) is 5.15. The Balaban J connectivity index is 1.48. The van der Waals surface area contributed by atoms with Crippen molar-refractivity contribution in [1.82, 2.24) is 15.0 Å². The van der Waals surface area contributed by atoms with Gasteiger partial charge in [0.2, 0.25) is 17.6 Å². The Morgan fingerprint density at radius 1 is 1.21 bits per heavy atom. The molecule has 0 spiro atoms. The summed E-state index contributed by atoms with van der Waals surface area (Å²) >= 11 is 6.05. The van der Waals surface area contributed by atoms with Crippen molar-refractivity contribution in [3.63, 3.8) is 0 Å². The number of amides is 1. The second-order valence-electron chi connectivity index (χ2n) is 7.08. The Morgan fingerprint density at radius 3 is 2.75 bits per heavy atom. The van der Waals surface area contributed by atoms with Crippen LogP contribution in [0.25, 0.3) is 11.4 Å². The van der Waals surface area contributed by atoms with Crippen LogP contribution in [0.5, 0.6) is 0 Å². The minimum atomic E-state index is -0.464. The molecule has 2 heterocycles. The highest BCUT2D eigenvalue weighted by atomic mass is 35.5. The van der Waals surface area contributed by atoms with Gasteiger partial charge in [-0.25, -0.2) is 4.39 Å². The van der Waals surface area contributed by atoms with E-state index in [0.29, 0.717) is 24.8 Å². The van der Waals surface area contributed by atoms with Gasteiger partial charge in [0.05, 0.1) is 12.3 Å². The Hall–Kier alpha value is -2.73. The van der Waals surface area contributed by atoms with Crippen LogP contribution in [0, 0.1) is 11.7 Å². The topological polar surface area (TPSA) is 59.2 Å². The van der Waals surface area contributed by atoms with Gasteiger partial charge >= 0.3 is 0 Å². The molecule has 0 saturated carbocycles. The van der Waals surface area contributed by atoms with Crippen LogP contribution in [0.1, 0.15) is 24.3 Å². The van der Waals surface area contributed by atoms with Crippen molar-refractivity contribution in [3.05, 3.63) is 70.8 Å². The number of halogens is 2. The van der Waals surface area contributed by atoms with E-state index in [2.05, 4.69) is 10.1 Å². The monoisotopic (exact) mass is 399 g/mol. The molecule has 1 fully saturated rings. The summed E-state index contributed by atoms with van der Waals surface area (Å²) in [5, 5.41) is 4.34. The molecule has 1 saturated heterocycles. The molecule has 1 aromatic heterocycles. The standard InChI is InChI=1S/C21H19ClFN3O2/c1-13-11-26(19(27)10-15-17(22)8-5-9-18(15)23)12-16(13)21-24-20(25-28-21)14-6-3-2-4-7-14/h2-9,13,16H,10-12H2,1H3/t13-,16-/m0/s1. The molecule has 1 aliphatic heterocycles. The molecular weight excluding hydrogens is 381 g/mol. The van der Waals surface area contributed by atoms with E-state index in [-0.39, 0.29) is 34.7 Å². The van der Waals surface area contributed by atoms with Gasteiger partial charge in [-0.3, -0.25) is 4.79 Å². The first-order valence-electron chi connectivity index (χ1n) is 9.12. The van der Waals surface area contributed by atoms with E-state index in [1.165, 1.54) is 12.1 Å². The van der Waals surface area contributed by atoms with E-state index in [1.54, 1.807) is 11.0 Å². The molecule has 5 nitrogen and oxygen atoms in total. The van der Waals surface area contributed by atoms with Gasteiger partial charge in [-0.2, -0.15) is 4.98 Å². The van der Waals surface area contributed by atoms with Crippen molar-refractivity contribution in [2.75, 3.05) is 13.1 Å². The maximum absolute atomic E-state index is 14.0. The van der Waals surface area contributed by atoms with Gasteiger partial charge in [-0.05, 0) is 18.1 Å². The lowest BCUT2D eigenvalue weighted by molar-refractivity contribution is -0.129. The van der Waals surface area contributed by atoms with Crippen LogP contribution in [0.4, 0.5) is 4.39 Å². The minimum Gasteiger partial charge on any atom is -0.341 e. The third kappa shape index (κ3) is 3.64. The zero-order chi connectivity index (χ0) is 19.7. The molecule has 2 atom stereocenters. The fraction of sp³-hybridized carbons (Fsp3) is 0.286. The number of likely N-dealkylation sites (tertiary alicyclic amines) is 1. The van der Waals surface area contributed by atoms with E-state index in [4.69, 9.17) is 16.1 Å². The predicted molar refractivity (Wildman–Crippen MR) is 103 cm³/mol. The highest BCUT2D eigenvalue weighted by Gasteiger charge is 2.37. The zero-order valence-corrected chi connectivity index (χ0v) is 16.1. The summed E-state index contributed by atoms with van der Waals surface area (Å²) in [5.74, 6) is 0.531. The van der Waals surface area contributed by atoms with Crippen LogP contribution in [-0.4, -0.2) is 34.0 Å². The molecular formula is C21H19ClFN3O2. The summed E-state index contributed by atoms with van der Waals surface area (Å²) in [5.41, 5.74) is 1.11. The number of hydrogen-bond acceptors (Lipinski definition) is 4. The fourth-order valence-electron chi connectivity index (χ4n) is 3.55. The first kappa shape index (κ1) is 18.6. The van der Waals surface area contributed by atoms with Gasteiger partial charge < -0.3 is 9.42 Å². The van der Waals surface area contributed by atoms with Crippen molar-refractivity contribution in [2.45, 2.75) is 19.3 Å². The molecule has 0 N–H and O–H groups in total. The summed E-state index contributed by atoms with van der Waals surface area (Å²) < 4.78 is 19.5. The van der Waals surface area contributed by atoms with E-state index in [1.807, 2.05) is 37.3 Å². The van der Waals surface area contributed by atoms with Crippen molar-refractivity contribution < 1.29 is 13.7 Å². The second-order valence-corrected chi connectivity index (χ2v) is 7.49. The van der Waals surface area contributed by atoms with E-state index >= 15 is 0 Å². The van der Waals surface area contributed by atoms with Gasteiger partial charge in [-0.15, -0.1) is 0 Å².